The highest BCUT2D eigenvalue weighted by molar-refractivity contribution is 6.33. The van der Waals surface area contributed by atoms with Gasteiger partial charge in [0.2, 0.25) is 0 Å². The van der Waals surface area contributed by atoms with E-state index < -0.39 is 5.82 Å². The maximum atomic E-state index is 13.2. The molecule has 0 aliphatic heterocycles. The van der Waals surface area contributed by atoms with Gasteiger partial charge in [-0.05, 0) is 54.9 Å². The monoisotopic (exact) mass is 331 g/mol. The Kier molecular flexibility index (Phi) is 5.28. The number of nitrogens with one attached hydrogen (secondary N) is 1. The van der Waals surface area contributed by atoms with Crippen LogP contribution in [0.3, 0.4) is 0 Å². The van der Waals surface area contributed by atoms with Gasteiger partial charge in [-0.3, -0.25) is 0 Å². The van der Waals surface area contributed by atoms with Crippen LogP contribution in [0.25, 0.3) is 0 Å². The SMILES string of the molecule is CNC(Cc1cc(Cl)ccc1Cl)c1ccc(F)c(Cl)c1. The van der Waals surface area contributed by atoms with Gasteiger partial charge in [0, 0.05) is 16.1 Å². The number of benzene rings is 2. The molecule has 1 atom stereocenters. The second-order valence-corrected chi connectivity index (χ2v) is 5.71. The topological polar surface area (TPSA) is 12.0 Å². The van der Waals surface area contributed by atoms with Crippen LogP contribution in [0, 0.1) is 5.82 Å². The highest BCUT2D eigenvalue weighted by atomic mass is 35.5. The molecule has 0 aliphatic rings. The second kappa shape index (κ2) is 6.77. The number of hydrogen-bond acceptors (Lipinski definition) is 1. The van der Waals surface area contributed by atoms with Crippen molar-refractivity contribution in [2.24, 2.45) is 0 Å². The van der Waals surface area contributed by atoms with Crippen molar-refractivity contribution in [3.63, 3.8) is 0 Å². The Labute approximate surface area is 132 Å². The van der Waals surface area contributed by atoms with Crippen molar-refractivity contribution in [2.45, 2.75) is 12.5 Å². The molecule has 1 unspecified atom stereocenters. The van der Waals surface area contributed by atoms with Crippen LogP contribution in [-0.4, -0.2) is 7.05 Å². The molecule has 0 radical (unpaired) electrons. The van der Waals surface area contributed by atoms with E-state index in [-0.39, 0.29) is 11.1 Å². The first-order valence-electron chi connectivity index (χ1n) is 6.07. The molecule has 0 fully saturated rings. The molecular formula is C15H13Cl3FN. The molecule has 0 saturated carbocycles. The fourth-order valence-corrected chi connectivity index (χ4v) is 2.61. The zero-order valence-corrected chi connectivity index (χ0v) is 13.0. The minimum Gasteiger partial charge on any atom is -0.313 e. The average molecular weight is 333 g/mol. The molecule has 2 rings (SSSR count). The van der Waals surface area contributed by atoms with Crippen molar-refractivity contribution in [3.05, 3.63) is 68.4 Å². The minimum atomic E-state index is -0.425. The number of hydrogen-bond donors (Lipinski definition) is 1. The normalized spacial score (nSPS) is 12.4. The number of rotatable bonds is 4. The molecule has 1 N–H and O–H groups in total. The van der Waals surface area contributed by atoms with Gasteiger partial charge in [0.05, 0.1) is 5.02 Å². The van der Waals surface area contributed by atoms with E-state index in [1.165, 1.54) is 6.07 Å². The zero-order chi connectivity index (χ0) is 14.7. The smallest absolute Gasteiger partial charge is 0.141 e. The van der Waals surface area contributed by atoms with E-state index in [0.29, 0.717) is 16.5 Å². The molecule has 0 heterocycles. The molecule has 0 aromatic heterocycles. The molecule has 106 valence electrons. The molecule has 0 spiro atoms. The van der Waals surface area contributed by atoms with Crippen molar-refractivity contribution in [3.8, 4) is 0 Å². The second-order valence-electron chi connectivity index (χ2n) is 4.45. The maximum absolute atomic E-state index is 13.2. The van der Waals surface area contributed by atoms with Crippen LogP contribution in [-0.2, 0) is 6.42 Å². The van der Waals surface area contributed by atoms with Crippen molar-refractivity contribution < 1.29 is 4.39 Å². The Bertz CT molecular complexity index is 616. The van der Waals surface area contributed by atoms with E-state index in [4.69, 9.17) is 34.8 Å². The van der Waals surface area contributed by atoms with E-state index in [1.54, 1.807) is 24.3 Å². The third-order valence-corrected chi connectivity index (χ3v) is 4.02. The van der Waals surface area contributed by atoms with Crippen molar-refractivity contribution in [1.82, 2.24) is 5.32 Å². The molecule has 0 aliphatic carbocycles. The van der Waals surface area contributed by atoms with E-state index in [0.717, 1.165) is 11.1 Å². The lowest BCUT2D eigenvalue weighted by Crippen LogP contribution is -2.19. The Morgan fingerprint density at radius 3 is 2.45 bits per heavy atom. The van der Waals surface area contributed by atoms with Crippen LogP contribution >= 0.6 is 34.8 Å². The van der Waals surface area contributed by atoms with E-state index >= 15 is 0 Å². The highest BCUT2D eigenvalue weighted by Crippen LogP contribution is 2.28. The van der Waals surface area contributed by atoms with Gasteiger partial charge in [-0.2, -0.15) is 0 Å². The molecule has 0 bridgehead atoms. The highest BCUT2D eigenvalue weighted by Gasteiger charge is 2.14. The van der Waals surface area contributed by atoms with Gasteiger partial charge < -0.3 is 5.32 Å². The fourth-order valence-electron chi connectivity index (χ4n) is 2.04. The number of halogens is 4. The Balaban J connectivity index is 2.28. The summed E-state index contributed by atoms with van der Waals surface area (Å²) in [6.07, 6.45) is 0.637. The molecule has 20 heavy (non-hydrogen) atoms. The van der Waals surface area contributed by atoms with E-state index in [2.05, 4.69) is 5.32 Å². The predicted octanol–water partition coefficient (Wildman–Crippen LogP) is 5.29. The lowest BCUT2D eigenvalue weighted by molar-refractivity contribution is 0.586. The quantitative estimate of drug-likeness (QED) is 0.802. The fraction of sp³-hybridized carbons (Fsp3) is 0.200. The molecule has 2 aromatic rings. The first kappa shape index (κ1) is 15.6. The lowest BCUT2D eigenvalue weighted by Gasteiger charge is -2.18. The van der Waals surface area contributed by atoms with Crippen LogP contribution in [0.4, 0.5) is 4.39 Å². The molecular weight excluding hydrogens is 320 g/mol. The van der Waals surface area contributed by atoms with Crippen molar-refractivity contribution in [2.75, 3.05) is 7.05 Å². The van der Waals surface area contributed by atoms with Gasteiger partial charge in [-0.25, -0.2) is 4.39 Å². The standard InChI is InChI=1S/C15H13Cl3FN/c1-20-15(9-2-5-14(19)13(18)7-9)8-10-6-11(16)3-4-12(10)17/h2-7,15,20H,8H2,1H3. The van der Waals surface area contributed by atoms with Crippen LogP contribution in [0.1, 0.15) is 17.2 Å². The van der Waals surface area contributed by atoms with Crippen LogP contribution in [0.2, 0.25) is 15.1 Å². The summed E-state index contributed by atoms with van der Waals surface area (Å²) in [7, 11) is 1.83. The van der Waals surface area contributed by atoms with Gasteiger partial charge in [-0.1, -0.05) is 40.9 Å². The van der Waals surface area contributed by atoms with Crippen LogP contribution in [0.5, 0.6) is 0 Å². The Morgan fingerprint density at radius 2 is 1.80 bits per heavy atom. The Morgan fingerprint density at radius 1 is 1.05 bits per heavy atom. The summed E-state index contributed by atoms with van der Waals surface area (Å²) in [6, 6.07) is 10.0. The van der Waals surface area contributed by atoms with E-state index in [1.807, 2.05) is 13.1 Å². The molecule has 0 amide bonds. The third-order valence-electron chi connectivity index (χ3n) is 3.13. The summed E-state index contributed by atoms with van der Waals surface area (Å²) in [4.78, 5) is 0. The number of likely N-dealkylation sites (N-methyl/N-ethyl adjacent to an activating group) is 1. The summed E-state index contributed by atoms with van der Waals surface area (Å²) < 4.78 is 13.2. The summed E-state index contributed by atoms with van der Waals surface area (Å²) in [5, 5.41) is 4.58. The Hall–Kier alpha value is -0.800. The van der Waals surface area contributed by atoms with Crippen LogP contribution < -0.4 is 5.32 Å². The predicted molar refractivity (Wildman–Crippen MR) is 83.4 cm³/mol. The molecule has 0 saturated heterocycles. The lowest BCUT2D eigenvalue weighted by atomic mass is 9.99. The van der Waals surface area contributed by atoms with E-state index in [9.17, 15) is 4.39 Å². The zero-order valence-electron chi connectivity index (χ0n) is 10.8. The average Bonchev–Trinajstić information content (AvgIpc) is 2.43. The molecule has 2 aromatic carbocycles. The van der Waals surface area contributed by atoms with Gasteiger partial charge in [0.1, 0.15) is 5.82 Å². The first-order chi connectivity index (χ1) is 9.51. The van der Waals surface area contributed by atoms with Gasteiger partial charge >= 0.3 is 0 Å². The molecule has 1 nitrogen and oxygen atoms in total. The summed E-state index contributed by atoms with van der Waals surface area (Å²) in [6.45, 7) is 0. The maximum Gasteiger partial charge on any atom is 0.141 e. The van der Waals surface area contributed by atoms with Gasteiger partial charge in [0.25, 0.3) is 0 Å². The minimum absolute atomic E-state index is 0.0240. The summed E-state index contributed by atoms with van der Waals surface area (Å²) in [5.74, 6) is -0.425. The third kappa shape index (κ3) is 3.64. The molecule has 5 heteroatoms. The summed E-state index contributed by atoms with van der Waals surface area (Å²) in [5.41, 5.74) is 1.83. The largest absolute Gasteiger partial charge is 0.313 e. The van der Waals surface area contributed by atoms with Crippen LogP contribution in [0.15, 0.2) is 36.4 Å². The van der Waals surface area contributed by atoms with Crippen molar-refractivity contribution >= 4 is 34.8 Å². The van der Waals surface area contributed by atoms with Gasteiger partial charge in [0.15, 0.2) is 0 Å². The van der Waals surface area contributed by atoms with Crippen molar-refractivity contribution in [1.29, 1.82) is 0 Å². The van der Waals surface area contributed by atoms with Gasteiger partial charge in [-0.15, -0.1) is 0 Å². The first-order valence-corrected chi connectivity index (χ1v) is 7.21. The summed E-state index contributed by atoms with van der Waals surface area (Å²) >= 11 is 18.0.